The molecule has 4 N–H and O–H groups in total. The van der Waals surface area contributed by atoms with Crippen LogP contribution in [0.5, 0.6) is 0 Å². The number of allylic oxidation sites excluding steroid dienone is 8. The molecule has 1 saturated heterocycles. The molecule has 1 fully saturated rings. The number of unbranched alkanes of at least 4 members (excludes halogenated alkanes) is 25. The molecule has 0 amide bonds. The average molecular weight is 905 g/mol. The van der Waals surface area contributed by atoms with Gasteiger partial charge in [-0.3, -0.25) is 9.59 Å². The highest BCUT2D eigenvalue weighted by atomic mass is 16.7. The Morgan fingerprint density at radius 3 is 1.36 bits per heavy atom. The molecule has 6 atom stereocenters. The van der Waals surface area contributed by atoms with Gasteiger partial charge >= 0.3 is 11.9 Å². The molecule has 0 aromatic rings. The first-order valence-corrected chi connectivity index (χ1v) is 26.2. The second kappa shape index (κ2) is 44.5. The van der Waals surface area contributed by atoms with Gasteiger partial charge in [-0.15, -0.1) is 0 Å². The van der Waals surface area contributed by atoms with Crippen LogP contribution in [0.4, 0.5) is 0 Å². The third kappa shape index (κ3) is 34.9. The maximum atomic E-state index is 12.8. The molecular formula is C54H96O10. The lowest BCUT2D eigenvalue weighted by atomic mass is 9.99. The predicted molar refractivity (Wildman–Crippen MR) is 261 cm³/mol. The first-order valence-electron chi connectivity index (χ1n) is 26.2. The molecule has 372 valence electrons. The lowest BCUT2D eigenvalue weighted by Crippen LogP contribution is -2.59. The van der Waals surface area contributed by atoms with Gasteiger partial charge in [-0.25, -0.2) is 0 Å². The molecular weight excluding hydrogens is 809 g/mol. The number of carbonyl (C=O) groups is 2. The number of esters is 2. The fourth-order valence-corrected chi connectivity index (χ4v) is 7.83. The molecule has 1 aliphatic heterocycles. The molecule has 1 rings (SSSR count). The number of rotatable bonds is 44. The van der Waals surface area contributed by atoms with Crippen molar-refractivity contribution in [2.24, 2.45) is 0 Å². The maximum absolute atomic E-state index is 12.8. The number of aliphatic hydroxyl groups excluding tert-OH is 4. The molecule has 0 bridgehead atoms. The van der Waals surface area contributed by atoms with Crippen LogP contribution in [-0.4, -0.2) is 89.0 Å². The molecule has 0 spiro atoms. The largest absolute Gasteiger partial charge is 0.462 e. The van der Waals surface area contributed by atoms with Gasteiger partial charge in [-0.2, -0.15) is 0 Å². The van der Waals surface area contributed by atoms with Crippen LogP contribution < -0.4 is 0 Å². The van der Waals surface area contributed by atoms with E-state index in [1.165, 1.54) is 141 Å². The van der Waals surface area contributed by atoms with Crippen LogP contribution in [0.1, 0.15) is 226 Å². The third-order valence-electron chi connectivity index (χ3n) is 12.0. The van der Waals surface area contributed by atoms with E-state index in [0.717, 1.165) is 44.9 Å². The molecule has 64 heavy (non-hydrogen) atoms. The summed E-state index contributed by atoms with van der Waals surface area (Å²) in [6.45, 7) is 3.37. The van der Waals surface area contributed by atoms with E-state index >= 15 is 0 Å². The summed E-state index contributed by atoms with van der Waals surface area (Å²) < 4.78 is 22.2. The highest BCUT2D eigenvalue weighted by Gasteiger charge is 2.44. The molecule has 1 heterocycles. The summed E-state index contributed by atoms with van der Waals surface area (Å²) in [5, 5.41) is 40.2. The summed E-state index contributed by atoms with van der Waals surface area (Å²) in [4.78, 5) is 25.4. The highest BCUT2D eigenvalue weighted by Crippen LogP contribution is 2.23. The Hall–Kier alpha value is -2.34. The Morgan fingerprint density at radius 2 is 0.891 bits per heavy atom. The smallest absolute Gasteiger partial charge is 0.306 e. The Morgan fingerprint density at radius 1 is 0.484 bits per heavy atom. The Balaban J connectivity index is 2.27. The van der Waals surface area contributed by atoms with Crippen LogP contribution in [0, 0.1) is 0 Å². The van der Waals surface area contributed by atoms with Crippen molar-refractivity contribution in [2.45, 2.75) is 263 Å². The molecule has 0 radical (unpaired) electrons. The third-order valence-corrected chi connectivity index (χ3v) is 12.0. The standard InChI is InChI=1S/C54H96O10/c1-3-5-7-9-11-13-15-17-19-21-22-23-24-25-27-28-30-32-34-36-38-40-42-49(56)61-45-47(46-62-54-53(60)52(59)51(58)48(44-55)64-54)63-50(57)43-41-39-37-35-33-31-29-26-20-18-16-14-12-10-8-6-4-2/h12,14,18,20,29,31,35,37,47-48,51-55,58-60H,3-11,13,15-17,19,21-28,30,32-34,36,38-46H2,1-2H3/b14-12+,20-18+,31-29+,37-35+/t47-,48-,51+,52?,53?,54-/m0/s1. The Bertz CT molecular complexity index is 1180. The molecule has 0 aliphatic carbocycles. The highest BCUT2D eigenvalue weighted by molar-refractivity contribution is 5.70. The molecule has 0 aromatic heterocycles. The van der Waals surface area contributed by atoms with Gasteiger partial charge in [0.15, 0.2) is 12.4 Å². The van der Waals surface area contributed by atoms with Crippen molar-refractivity contribution >= 4 is 11.9 Å². The van der Waals surface area contributed by atoms with Gasteiger partial charge in [-0.05, 0) is 51.4 Å². The van der Waals surface area contributed by atoms with Crippen LogP contribution in [0.2, 0.25) is 0 Å². The number of ether oxygens (including phenoxy) is 4. The summed E-state index contributed by atoms with van der Waals surface area (Å²) in [7, 11) is 0. The lowest BCUT2D eigenvalue weighted by Gasteiger charge is -2.39. The van der Waals surface area contributed by atoms with E-state index in [-0.39, 0.29) is 32.0 Å². The lowest BCUT2D eigenvalue weighted by molar-refractivity contribution is -0.305. The van der Waals surface area contributed by atoms with E-state index in [2.05, 4.69) is 56.4 Å². The topological polar surface area (TPSA) is 152 Å². The monoisotopic (exact) mass is 905 g/mol. The van der Waals surface area contributed by atoms with E-state index in [1.807, 2.05) is 6.08 Å². The van der Waals surface area contributed by atoms with E-state index in [0.29, 0.717) is 12.8 Å². The zero-order chi connectivity index (χ0) is 46.6. The second-order valence-electron chi connectivity index (χ2n) is 18.0. The van der Waals surface area contributed by atoms with Crippen molar-refractivity contribution < 1.29 is 49.0 Å². The summed E-state index contributed by atoms with van der Waals surface area (Å²) in [5.41, 5.74) is 0. The van der Waals surface area contributed by atoms with Gasteiger partial charge < -0.3 is 39.4 Å². The van der Waals surface area contributed by atoms with Gasteiger partial charge in [0.05, 0.1) is 13.2 Å². The minimum Gasteiger partial charge on any atom is -0.462 e. The first-order chi connectivity index (χ1) is 31.3. The van der Waals surface area contributed by atoms with E-state index in [9.17, 15) is 30.0 Å². The van der Waals surface area contributed by atoms with Gasteiger partial charge in [0.1, 0.15) is 31.0 Å². The number of aliphatic hydroxyl groups is 4. The summed E-state index contributed by atoms with van der Waals surface area (Å²) >= 11 is 0. The van der Waals surface area contributed by atoms with Crippen molar-refractivity contribution in [1.29, 1.82) is 0 Å². The van der Waals surface area contributed by atoms with Gasteiger partial charge in [0, 0.05) is 12.8 Å². The SMILES string of the molecule is CCCCC/C=C/C/C=C/C/C=C/C/C=C/CCCC(=O)O[C@@H](COC(=O)CCCCCCCCCCCCCCCCCCCCCCCC)CO[C@H]1O[C@@H](CO)[C@@H](O)C(O)C1O. The number of hydrogen-bond acceptors (Lipinski definition) is 10. The molecule has 1 aliphatic rings. The average Bonchev–Trinajstić information content (AvgIpc) is 3.29. The second-order valence-corrected chi connectivity index (χ2v) is 18.0. The quantitative estimate of drug-likeness (QED) is 0.0264. The molecule has 10 heteroatoms. The molecule has 0 aromatic carbocycles. The fourth-order valence-electron chi connectivity index (χ4n) is 7.83. The van der Waals surface area contributed by atoms with Gasteiger partial charge in [0.2, 0.25) is 0 Å². The molecule has 0 saturated carbocycles. The summed E-state index contributed by atoms with van der Waals surface area (Å²) in [6, 6.07) is 0. The fraction of sp³-hybridized carbons (Fsp3) is 0.815. The maximum Gasteiger partial charge on any atom is 0.306 e. The zero-order valence-electron chi connectivity index (χ0n) is 40.8. The van der Waals surface area contributed by atoms with Gasteiger partial charge in [0.25, 0.3) is 0 Å². The van der Waals surface area contributed by atoms with Crippen LogP contribution in [0.3, 0.4) is 0 Å². The normalized spacial score (nSPS) is 19.8. The minimum absolute atomic E-state index is 0.155. The first kappa shape index (κ1) is 59.7. The van der Waals surface area contributed by atoms with Crippen molar-refractivity contribution in [3.05, 3.63) is 48.6 Å². The van der Waals surface area contributed by atoms with Crippen molar-refractivity contribution in [1.82, 2.24) is 0 Å². The minimum atomic E-state index is -1.61. The van der Waals surface area contributed by atoms with Crippen LogP contribution in [-0.2, 0) is 28.5 Å². The van der Waals surface area contributed by atoms with E-state index in [1.54, 1.807) is 0 Å². The Kier molecular flexibility index (Phi) is 41.5. The number of hydrogen-bond donors (Lipinski definition) is 4. The number of carbonyl (C=O) groups excluding carboxylic acids is 2. The zero-order valence-corrected chi connectivity index (χ0v) is 40.8. The van der Waals surface area contributed by atoms with Crippen molar-refractivity contribution in [2.75, 3.05) is 19.8 Å². The van der Waals surface area contributed by atoms with Crippen molar-refractivity contribution in [3.8, 4) is 0 Å². The van der Waals surface area contributed by atoms with Crippen LogP contribution in [0.15, 0.2) is 48.6 Å². The summed E-state index contributed by atoms with van der Waals surface area (Å²) in [5.74, 6) is -0.864. The Labute approximate surface area is 390 Å². The molecule has 10 nitrogen and oxygen atoms in total. The van der Waals surface area contributed by atoms with E-state index in [4.69, 9.17) is 18.9 Å². The summed E-state index contributed by atoms with van der Waals surface area (Å²) in [6.07, 6.45) is 47.0. The predicted octanol–water partition coefficient (Wildman–Crippen LogP) is 12.4. The van der Waals surface area contributed by atoms with Crippen LogP contribution in [0.25, 0.3) is 0 Å². The van der Waals surface area contributed by atoms with Gasteiger partial charge in [-0.1, -0.05) is 210 Å². The van der Waals surface area contributed by atoms with E-state index < -0.39 is 49.4 Å². The van der Waals surface area contributed by atoms with Crippen molar-refractivity contribution in [3.63, 3.8) is 0 Å². The van der Waals surface area contributed by atoms with Crippen LogP contribution >= 0.6 is 0 Å². The molecule has 2 unspecified atom stereocenters.